The summed E-state index contributed by atoms with van der Waals surface area (Å²) < 4.78 is 36.8. The van der Waals surface area contributed by atoms with E-state index in [9.17, 15) is 4.79 Å². The molecule has 0 bridgehead atoms. The minimum Gasteiger partial charge on any atom is -0.382 e. The highest BCUT2D eigenvalue weighted by Crippen LogP contribution is 1.86. The summed E-state index contributed by atoms with van der Waals surface area (Å²) in [7, 11) is 1.64. The lowest BCUT2D eigenvalue weighted by molar-refractivity contribution is -0.118. The molecule has 8 heteroatoms. The van der Waals surface area contributed by atoms with Crippen LogP contribution in [0, 0.1) is 0 Å². The fourth-order valence-electron chi connectivity index (χ4n) is 1.56. The molecule has 0 spiro atoms. The third kappa shape index (κ3) is 23.4. The quantitative estimate of drug-likeness (QED) is 0.275. The van der Waals surface area contributed by atoms with E-state index < -0.39 is 0 Å². The van der Waals surface area contributed by atoms with Gasteiger partial charge in [0.2, 0.25) is 0 Å². The number of methoxy groups -OCH3 is 1. The molecule has 0 heterocycles. The highest BCUT2D eigenvalue weighted by atomic mass is 16.6. The Balaban J connectivity index is 2.97. The minimum absolute atomic E-state index is 0.134. The zero-order valence-corrected chi connectivity index (χ0v) is 15.7. The van der Waals surface area contributed by atoms with Crippen molar-refractivity contribution < 1.29 is 38.0 Å². The van der Waals surface area contributed by atoms with Gasteiger partial charge in [-0.3, -0.25) is 4.79 Å². The maximum atomic E-state index is 10.7. The first-order valence-electron chi connectivity index (χ1n) is 8.72. The second-order valence-electron chi connectivity index (χ2n) is 5.12. The van der Waals surface area contributed by atoms with Crippen LogP contribution in [0.2, 0.25) is 0 Å². The summed E-state index contributed by atoms with van der Waals surface area (Å²) in [5, 5.41) is 0. The molecule has 150 valence electrons. The van der Waals surface area contributed by atoms with Gasteiger partial charge in [0.25, 0.3) is 0 Å². The van der Waals surface area contributed by atoms with Gasteiger partial charge in [0.15, 0.2) is 0 Å². The number of Topliss-reactive ketones (excluding diaryl/α,β-unsaturated/α-hetero) is 1. The summed E-state index contributed by atoms with van der Waals surface area (Å²) in [4.78, 5) is 10.7. The van der Waals surface area contributed by atoms with E-state index in [1.54, 1.807) is 14.0 Å². The van der Waals surface area contributed by atoms with Crippen molar-refractivity contribution in [3.05, 3.63) is 0 Å². The van der Waals surface area contributed by atoms with E-state index in [-0.39, 0.29) is 5.78 Å². The molecule has 0 unspecified atom stereocenters. The lowest BCUT2D eigenvalue weighted by Gasteiger charge is -2.08. The molecule has 0 aliphatic heterocycles. The van der Waals surface area contributed by atoms with Gasteiger partial charge in [-0.1, -0.05) is 0 Å². The molecule has 0 aromatic heterocycles. The molecule has 8 nitrogen and oxygen atoms in total. The average Bonchev–Trinajstić information content (AvgIpc) is 2.60. The van der Waals surface area contributed by atoms with Crippen LogP contribution in [-0.4, -0.2) is 98.8 Å². The van der Waals surface area contributed by atoms with E-state index in [4.69, 9.17) is 33.2 Å². The summed E-state index contributed by atoms with van der Waals surface area (Å²) in [5.74, 6) is 0.134. The fraction of sp³-hybridized carbons (Fsp3) is 0.941. The van der Waals surface area contributed by atoms with Crippen LogP contribution in [0.25, 0.3) is 0 Å². The highest BCUT2D eigenvalue weighted by molar-refractivity contribution is 5.75. The smallest absolute Gasteiger partial charge is 0.132 e. The monoisotopic (exact) mass is 366 g/mol. The third-order valence-electron chi connectivity index (χ3n) is 2.89. The molecule has 0 saturated heterocycles. The molecule has 0 aliphatic carbocycles. The Hall–Kier alpha value is -0.610. The first-order valence-corrected chi connectivity index (χ1v) is 8.72. The molecule has 0 aromatic carbocycles. The summed E-state index contributed by atoms with van der Waals surface area (Å²) in [5.41, 5.74) is 0. The van der Waals surface area contributed by atoms with E-state index in [1.807, 2.05) is 0 Å². The lowest BCUT2D eigenvalue weighted by Crippen LogP contribution is -2.14. The van der Waals surface area contributed by atoms with Gasteiger partial charge >= 0.3 is 0 Å². The number of rotatable bonds is 21. The normalized spacial score (nSPS) is 11.1. The molecule has 0 atom stereocenters. The SMILES string of the molecule is COCCOCCOCCOCCOCCOCCOCCC(C)=O. The first-order chi connectivity index (χ1) is 12.3. The summed E-state index contributed by atoms with van der Waals surface area (Å²) in [6.45, 7) is 8.48. The minimum atomic E-state index is 0.134. The lowest BCUT2D eigenvalue weighted by atomic mass is 10.3. The molecular formula is C17H34O8. The van der Waals surface area contributed by atoms with Gasteiger partial charge in [-0.25, -0.2) is 0 Å². The molecule has 25 heavy (non-hydrogen) atoms. The number of hydrogen-bond donors (Lipinski definition) is 0. The van der Waals surface area contributed by atoms with Gasteiger partial charge in [-0.05, 0) is 6.92 Å². The number of ketones is 1. The predicted octanol–water partition coefficient (Wildman–Crippen LogP) is 0.712. The third-order valence-corrected chi connectivity index (χ3v) is 2.89. The van der Waals surface area contributed by atoms with Crippen LogP contribution in [0.15, 0.2) is 0 Å². The highest BCUT2D eigenvalue weighted by Gasteiger charge is 1.95. The molecule has 0 radical (unpaired) electrons. The zero-order chi connectivity index (χ0) is 18.4. The molecule has 0 saturated carbocycles. The van der Waals surface area contributed by atoms with Gasteiger partial charge in [0, 0.05) is 13.5 Å². The number of carbonyl (C=O) groups is 1. The van der Waals surface area contributed by atoms with Crippen LogP contribution in [0.3, 0.4) is 0 Å². The van der Waals surface area contributed by atoms with Gasteiger partial charge in [-0.15, -0.1) is 0 Å². The number of ether oxygens (including phenoxy) is 7. The zero-order valence-electron chi connectivity index (χ0n) is 15.7. The van der Waals surface area contributed by atoms with E-state index in [0.717, 1.165) is 0 Å². The van der Waals surface area contributed by atoms with Crippen LogP contribution >= 0.6 is 0 Å². The van der Waals surface area contributed by atoms with Gasteiger partial charge in [0.05, 0.1) is 85.9 Å². The van der Waals surface area contributed by atoms with E-state index in [2.05, 4.69) is 0 Å². The van der Waals surface area contributed by atoms with Gasteiger partial charge < -0.3 is 33.2 Å². The van der Waals surface area contributed by atoms with Crippen LogP contribution in [0.4, 0.5) is 0 Å². The summed E-state index contributed by atoms with van der Waals surface area (Å²) in [6, 6.07) is 0. The maximum absolute atomic E-state index is 10.7. The van der Waals surface area contributed by atoms with Crippen molar-refractivity contribution in [2.24, 2.45) is 0 Å². The van der Waals surface area contributed by atoms with Crippen molar-refractivity contribution >= 4 is 5.78 Å². The predicted molar refractivity (Wildman–Crippen MR) is 92.1 cm³/mol. The van der Waals surface area contributed by atoms with Gasteiger partial charge in [0.1, 0.15) is 5.78 Å². The summed E-state index contributed by atoms with van der Waals surface area (Å²) in [6.07, 6.45) is 0.455. The van der Waals surface area contributed by atoms with Crippen molar-refractivity contribution in [1.82, 2.24) is 0 Å². The van der Waals surface area contributed by atoms with Gasteiger partial charge in [-0.2, -0.15) is 0 Å². The molecule has 0 aliphatic rings. The Labute approximate surface area is 151 Å². The molecule has 0 aromatic rings. The van der Waals surface area contributed by atoms with Crippen LogP contribution in [-0.2, 0) is 38.0 Å². The fourth-order valence-corrected chi connectivity index (χ4v) is 1.56. The molecular weight excluding hydrogens is 332 g/mol. The molecule has 0 rings (SSSR count). The molecule has 0 N–H and O–H groups in total. The molecule has 0 amide bonds. The van der Waals surface area contributed by atoms with Crippen molar-refractivity contribution in [3.63, 3.8) is 0 Å². The Morgan fingerprint density at radius 1 is 0.520 bits per heavy atom. The number of carbonyl (C=O) groups excluding carboxylic acids is 1. The average molecular weight is 366 g/mol. The van der Waals surface area contributed by atoms with Crippen molar-refractivity contribution in [3.8, 4) is 0 Å². The van der Waals surface area contributed by atoms with Crippen LogP contribution in [0.5, 0.6) is 0 Å². The largest absolute Gasteiger partial charge is 0.382 e. The van der Waals surface area contributed by atoms with E-state index in [0.29, 0.717) is 92.3 Å². The Morgan fingerprint density at radius 3 is 1.08 bits per heavy atom. The standard InChI is InChI=1S/C17H34O8/c1-17(18)3-4-20-7-8-22-11-12-24-15-16-25-14-13-23-10-9-21-6-5-19-2/h3-16H2,1-2H3. The topological polar surface area (TPSA) is 81.7 Å². The van der Waals surface area contributed by atoms with Crippen molar-refractivity contribution in [1.29, 1.82) is 0 Å². The van der Waals surface area contributed by atoms with Crippen LogP contribution < -0.4 is 0 Å². The second-order valence-corrected chi connectivity index (χ2v) is 5.12. The van der Waals surface area contributed by atoms with Crippen molar-refractivity contribution in [2.45, 2.75) is 13.3 Å². The molecule has 0 fully saturated rings. The first kappa shape index (κ1) is 24.4. The Kier molecular flexibility index (Phi) is 20.9. The van der Waals surface area contributed by atoms with Crippen LogP contribution in [0.1, 0.15) is 13.3 Å². The van der Waals surface area contributed by atoms with E-state index >= 15 is 0 Å². The van der Waals surface area contributed by atoms with E-state index in [1.165, 1.54) is 0 Å². The number of hydrogen-bond acceptors (Lipinski definition) is 8. The Bertz CT molecular complexity index is 275. The summed E-state index contributed by atoms with van der Waals surface area (Å²) >= 11 is 0. The van der Waals surface area contributed by atoms with Crippen molar-refractivity contribution in [2.75, 3.05) is 93.0 Å². The maximum Gasteiger partial charge on any atom is 0.132 e. The Morgan fingerprint density at radius 2 is 0.800 bits per heavy atom. The second kappa shape index (κ2) is 21.4.